The van der Waals surface area contributed by atoms with E-state index in [1.807, 2.05) is 0 Å². The number of nitrogens with zero attached hydrogens (tertiary/aromatic N) is 3. The van der Waals surface area contributed by atoms with Gasteiger partial charge in [0.1, 0.15) is 43.7 Å². The Kier molecular flexibility index (Phi) is 4.58. The molecular weight excluding hydrogens is 352 g/mol. The van der Waals surface area contributed by atoms with Crippen molar-refractivity contribution in [2.45, 2.75) is 50.6 Å². The largest absolute Gasteiger partial charge is 0.394 e. The molecule has 9 heteroatoms. The Morgan fingerprint density at radius 3 is 2.65 bits per heavy atom. The molecule has 3 unspecified atom stereocenters. The molecule has 3 heterocycles. The number of ether oxygens (including phenoxy) is 1. The zero-order valence-corrected chi connectivity index (χ0v) is 16.3. The molecule has 4 atom stereocenters. The first-order valence-electron chi connectivity index (χ1n) is 8.37. The van der Waals surface area contributed by atoms with Crippen LogP contribution in [-0.4, -0.2) is 62.3 Å². The van der Waals surface area contributed by atoms with E-state index in [9.17, 15) is 15.3 Å². The maximum absolute atomic E-state index is 10.8. The average molecular weight is 376 g/mol. The highest BCUT2D eigenvalue weighted by Gasteiger charge is 2.53. The third-order valence-electron chi connectivity index (χ3n) is 4.40. The highest BCUT2D eigenvalue weighted by molar-refractivity contribution is 6.83. The second kappa shape index (κ2) is 6.33. The number of rotatable bonds is 2. The van der Waals surface area contributed by atoms with Crippen molar-refractivity contribution in [2.75, 3.05) is 12.3 Å². The van der Waals surface area contributed by atoms with E-state index in [2.05, 4.69) is 41.1 Å². The van der Waals surface area contributed by atoms with Gasteiger partial charge in [-0.15, -0.1) is 5.54 Å². The van der Waals surface area contributed by atoms with Gasteiger partial charge in [0.25, 0.3) is 0 Å². The molecule has 1 fully saturated rings. The summed E-state index contributed by atoms with van der Waals surface area (Å²) in [4.78, 5) is 8.31. The number of fused-ring (bicyclic) bond motifs is 1. The summed E-state index contributed by atoms with van der Waals surface area (Å²) >= 11 is 0. The number of aliphatic hydroxyl groups is 3. The van der Waals surface area contributed by atoms with E-state index >= 15 is 0 Å². The lowest BCUT2D eigenvalue weighted by Crippen LogP contribution is -2.44. The van der Waals surface area contributed by atoms with Crippen LogP contribution in [0.3, 0.4) is 0 Å². The summed E-state index contributed by atoms with van der Waals surface area (Å²) in [5, 5.41) is 31.0. The van der Waals surface area contributed by atoms with Gasteiger partial charge in [0.15, 0.2) is 6.23 Å². The summed E-state index contributed by atoms with van der Waals surface area (Å²) in [5.41, 5.74) is 8.80. The Balaban J connectivity index is 2.19. The number of hydrogen-bond donors (Lipinski definition) is 4. The molecular formula is C17H24N4O4Si. The Morgan fingerprint density at radius 1 is 1.38 bits per heavy atom. The van der Waals surface area contributed by atoms with Gasteiger partial charge in [-0.25, -0.2) is 9.97 Å². The van der Waals surface area contributed by atoms with Gasteiger partial charge in [0.05, 0.1) is 17.6 Å². The van der Waals surface area contributed by atoms with Gasteiger partial charge in [0.2, 0.25) is 0 Å². The van der Waals surface area contributed by atoms with Gasteiger partial charge in [-0.1, -0.05) is 25.6 Å². The monoisotopic (exact) mass is 376 g/mol. The van der Waals surface area contributed by atoms with Crippen molar-refractivity contribution in [3.63, 3.8) is 0 Å². The van der Waals surface area contributed by atoms with Gasteiger partial charge < -0.3 is 30.4 Å². The van der Waals surface area contributed by atoms with Crippen LogP contribution in [-0.2, 0) is 4.74 Å². The SMILES string of the molecule is C[C@@]1(O)C(O)C(CO)OC1n1cc(C#C[Si](C)(C)C)c2c(N)ncnc21. The van der Waals surface area contributed by atoms with E-state index in [1.54, 1.807) is 10.8 Å². The van der Waals surface area contributed by atoms with E-state index in [0.717, 1.165) is 0 Å². The molecule has 8 nitrogen and oxygen atoms in total. The highest BCUT2D eigenvalue weighted by atomic mass is 28.3. The van der Waals surface area contributed by atoms with Crippen molar-refractivity contribution in [1.29, 1.82) is 0 Å². The fourth-order valence-electron chi connectivity index (χ4n) is 3.03. The zero-order chi connectivity index (χ0) is 19.3. The van der Waals surface area contributed by atoms with Gasteiger partial charge in [-0.3, -0.25) is 0 Å². The van der Waals surface area contributed by atoms with Crippen LogP contribution in [0.2, 0.25) is 19.6 Å². The van der Waals surface area contributed by atoms with Crippen LogP contribution in [0.5, 0.6) is 0 Å². The van der Waals surface area contributed by atoms with Gasteiger partial charge in [-0.2, -0.15) is 0 Å². The molecule has 0 aromatic carbocycles. The molecule has 0 spiro atoms. The topological polar surface area (TPSA) is 127 Å². The summed E-state index contributed by atoms with van der Waals surface area (Å²) < 4.78 is 7.30. The minimum atomic E-state index is -1.63. The highest BCUT2D eigenvalue weighted by Crippen LogP contribution is 2.40. The van der Waals surface area contributed by atoms with E-state index in [-0.39, 0.29) is 5.82 Å². The van der Waals surface area contributed by atoms with Gasteiger partial charge in [-0.05, 0) is 6.92 Å². The molecule has 5 N–H and O–H groups in total. The number of hydrogen-bond acceptors (Lipinski definition) is 7. The second-order valence-electron chi connectivity index (χ2n) is 7.79. The third-order valence-corrected chi connectivity index (χ3v) is 5.27. The smallest absolute Gasteiger partial charge is 0.167 e. The second-order valence-corrected chi connectivity index (χ2v) is 12.5. The fourth-order valence-corrected chi connectivity index (χ4v) is 3.54. The molecule has 1 aliphatic rings. The molecule has 3 rings (SSSR count). The molecule has 1 saturated heterocycles. The summed E-state index contributed by atoms with van der Waals surface area (Å²) in [6.07, 6.45) is -0.0650. The number of aromatic nitrogens is 3. The van der Waals surface area contributed by atoms with Crippen LogP contribution < -0.4 is 5.73 Å². The molecule has 1 aliphatic heterocycles. The number of aliphatic hydroxyl groups excluding tert-OH is 2. The van der Waals surface area contributed by atoms with E-state index in [1.165, 1.54) is 13.3 Å². The molecule has 140 valence electrons. The molecule has 2 aromatic heterocycles. The van der Waals surface area contributed by atoms with Crippen LogP contribution in [0.25, 0.3) is 11.0 Å². The van der Waals surface area contributed by atoms with Crippen molar-refractivity contribution in [1.82, 2.24) is 14.5 Å². The van der Waals surface area contributed by atoms with E-state index < -0.39 is 38.7 Å². The van der Waals surface area contributed by atoms with Gasteiger partial charge >= 0.3 is 0 Å². The van der Waals surface area contributed by atoms with Crippen LogP contribution >= 0.6 is 0 Å². The molecule has 0 saturated carbocycles. The third kappa shape index (κ3) is 3.11. The molecule has 0 amide bonds. The van der Waals surface area contributed by atoms with Crippen LogP contribution in [0.1, 0.15) is 18.7 Å². The number of nitrogen functional groups attached to an aromatic ring is 1. The predicted molar refractivity (Wildman–Crippen MR) is 99.8 cm³/mol. The first-order valence-corrected chi connectivity index (χ1v) is 11.9. The van der Waals surface area contributed by atoms with Crippen LogP contribution in [0.15, 0.2) is 12.5 Å². The van der Waals surface area contributed by atoms with Crippen LogP contribution in [0, 0.1) is 11.5 Å². The quantitative estimate of drug-likeness (QED) is 0.437. The minimum Gasteiger partial charge on any atom is -0.394 e. The average Bonchev–Trinajstić information content (AvgIpc) is 3.02. The van der Waals surface area contributed by atoms with E-state index in [0.29, 0.717) is 16.6 Å². The standard InChI is InChI=1S/C17H24N4O4Si/c1-17(24)13(23)11(8-22)25-16(17)21-7-10(5-6-26(2,3)4)12-14(18)19-9-20-15(12)21/h7,9,11,13,16,22-24H,8H2,1-4H3,(H2,18,19,20)/t11?,13?,16?,17-/m1/s1. The lowest BCUT2D eigenvalue weighted by atomic mass is 9.96. The Bertz CT molecular complexity index is 894. The lowest BCUT2D eigenvalue weighted by Gasteiger charge is -2.27. The van der Waals surface area contributed by atoms with Gasteiger partial charge in [0, 0.05) is 6.20 Å². The van der Waals surface area contributed by atoms with Crippen molar-refractivity contribution < 1.29 is 20.1 Å². The molecule has 0 radical (unpaired) electrons. The summed E-state index contributed by atoms with van der Waals surface area (Å²) in [7, 11) is -1.63. The number of nitrogens with two attached hydrogens (primary N) is 1. The molecule has 0 bridgehead atoms. The molecule has 0 aliphatic carbocycles. The number of anilines is 1. The zero-order valence-electron chi connectivity index (χ0n) is 15.3. The first-order chi connectivity index (χ1) is 12.1. The van der Waals surface area contributed by atoms with E-state index in [4.69, 9.17) is 10.5 Å². The maximum Gasteiger partial charge on any atom is 0.167 e. The van der Waals surface area contributed by atoms with Crippen LogP contribution in [0.4, 0.5) is 5.82 Å². The lowest BCUT2D eigenvalue weighted by molar-refractivity contribution is -0.0948. The van der Waals surface area contributed by atoms with Crippen molar-refractivity contribution >= 4 is 24.9 Å². The Hall–Kier alpha value is -1.96. The first kappa shape index (κ1) is 18.8. The Labute approximate surface area is 152 Å². The minimum absolute atomic E-state index is 0.283. The summed E-state index contributed by atoms with van der Waals surface area (Å²) in [6.45, 7) is 7.44. The predicted octanol–water partition coefficient (Wildman–Crippen LogP) is 0.244. The van der Waals surface area contributed by atoms with Crippen molar-refractivity contribution in [3.8, 4) is 11.5 Å². The fraction of sp³-hybridized carbons (Fsp3) is 0.529. The normalized spacial score (nSPS) is 29.0. The maximum atomic E-state index is 10.8. The molecule has 2 aromatic rings. The Morgan fingerprint density at radius 2 is 2.08 bits per heavy atom. The summed E-state index contributed by atoms with van der Waals surface area (Å²) in [6, 6.07) is 0. The molecule has 26 heavy (non-hydrogen) atoms. The van der Waals surface area contributed by atoms with Crippen molar-refractivity contribution in [3.05, 3.63) is 18.1 Å². The van der Waals surface area contributed by atoms with Crippen molar-refractivity contribution in [2.24, 2.45) is 0 Å². The summed E-state index contributed by atoms with van der Waals surface area (Å²) in [5.74, 6) is 3.44.